The largest absolute Gasteiger partial charge is 0.486 e. The van der Waals surface area contributed by atoms with Gasteiger partial charge in [-0.25, -0.2) is 9.78 Å². The van der Waals surface area contributed by atoms with Gasteiger partial charge in [-0.2, -0.15) is 0 Å². The topological polar surface area (TPSA) is 63.7 Å². The number of rotatable bonds is 3. The second-order valence-corrected chi connectivity index (χ2v) is 6.83. The number of nitrogens with zero attached hydrogens (tertiary/aromatic N) is 2. The van der Waals surface area contributed by atoms with Crippen LogP contribution >= 0.6 is 11.3 Å². The average molecular weight is 355 g/mol. The van der Waals surface area contributed by atoms with E-state index < -0.39 is 0 Å². The zero-order chi connectivity index (χ0) is 17.2. The Balaban J connectivity index is 1.38. The number of hydrogen-bond acceptors (Lipinski definition) is 5. The van der Waals surface area contributed by atoms with Crippen molar-refractivity contribution in [3.63, 3.8) is 0 Å². The minimum Gasteiger partial charge on any atom is -0.486 e. The Hall–Kier alpha value is -2.80. The molecule has 1 unspecified atom stereocenters. The molecule has 7 heteroatoms. The predicted molar refractivity (Wildman–Crippen MR) is 97.6 cm³/mol. The quantitative estimate of drug-likeness (QED) is 0.780. The monoisotopic (exact) mass is 355 g/mol. The SMILES string of the molecule is CN(CC1COc2ccccc2O1)C(=O)Nc1nc2ccccc2s1. The third-order valence-electron chi connectivity index (χ3n) is 3.90. The molecule has 2 heterocycles. The van der Waals surface area contributed by atoms with E-state index in [9.17, 15) is 4.79 Å². The maximum Gasteiger partial charge on any atom is 0.323 e. The van der Waals surface area contributed by atoms with Crippen molar-refractivity contribution in [2.24, 2.45) is 0 Å². The predicted octanol–water partition coefficient (Wildman–Crippen LogP) is 3.60. The summed E-state index contributed by atoms with van der Waals surface area (Å²) in [6, 6.07) is 15.1. The fourth-order valence-electron chi connectivity index (χ4n) is 2.65. The van der Waals surface area contributed by atoms with Crippen molar-refractivity contribution in [2.45, 2.75) is 6.10 Å². The first kappa shape index (κ1) is 15.7. The van der Waals surface area contributed by atoms with Gasteiger partial charge in [-0.1, -0.05) is 35.6 Å². The normalized spacial score (nSPS) is 15.8. The number of para-hydroxylation sites is 3. The lowest BCUT2D eigenvalue weighted by molar-refractivity contribution is 0.0731. The third kappa shape index (κ3) is 3.36. The number of fused-ring (bicyclic) bond motifs is 2. The number of amides is 2. The summed E-state index contributed by atoms with van der Waals surface area (Å²) >= 11 is 1.45. The van der Waals surface area contributed by atoms with Crippen LogP contribution in [0.3, 0.4) is 0 Å². The number of carbonyl (C=O) groups excluding carboxylic acids is 1. The molecular formula is C18H17N3O3S. The molecule has 0 bridgehead atoms. The number of urea groups is 1. The molecule has 1 aromatic heterocycles. The minimum atomic E-state index is -0.221. The molecule has 3 aromatic rings. The van der Waals surface area contributed by atoms with E-state index in [4.69, 9.17) is 9.47 Å². The van der Waals surface area contributed by atoms with Crippen LogP contribution in [0.15, 0.2) is 48.5 Å². The third-order valence-corrected chi connectivity index (χ3v) is 4.85. The van der Waals surface area contributed by atoms with E-state index in [1.165, 1.54) is 11.3 Å². The standard InChI is InChI=1S/C18H17N3O3S/c1-21(10-12-11-23-14-7-3-4-8-15(14)24-12)18(22)20-17-19-13-6-2-5-9-16(13)25-17/h2-9,12H,10-11H2,1H3,(H,19,20,22). The van der Waals surface area contributed by atoms with E-state index in [0.29, 0.717) is 24.0 Å². The fourth-order valence-corrected chi connectivity index (χ4v) is 3.51. The van der Waals surface area contributed by atoms with Crippen LogP contribution in [-0.2, 0) is 0 Å². The molecular weight excluding hydrogens is 338 g/mol. The molecule has 2 amide bonds. The number of thiazole rings is 1. The van der Waals surface area contributed by atoms with Crippen molar-refractivity contribution in [1.29, 1.82) is 0 Å². The molecule has 0 fully saturated rings. The molecule has 0 aliphatic carbocycles. The highest BCUT2D eigenvalue weighted by Gasteiger charge is 2.24. The molecule has 25 heavy (non-hydrogen) atoms. The van der Waals surface area contributed by atoms with E-state index in [1.807, 2.05) is 48.5 Å². The number of aromatic nitrogens is 1. The number of ether oxygens (including phenoxy) is 2. The van der Waals surface area contributed by atoms with Crippen LogP contribution in [0.25, 0.3) is 10.2 Å². The lowest BCUT2D eigenvalue weighted by atomic mass is 10.2. The van der Waals surface area contributed by atoms with E-state index in [-0.39, 0.29) is 12.1 Å². The smallest absolute Gasteiger partial charge is 0.323 e. The molecule has 0 saturated heterocycles. The van der Waals surface area contributed by atoms with Gasteiger partial charge in [-0.05, 0) is 24.3 Å². The molecule has 4 rings (SSSR count). The number of benzene rings is 2. The van der Waals surface area contributed by atoms with Gasteiger partial charge in [0, 0.05) is 7.05 Å². The van der Waals surface area contributed by atoms with Gasteiger partial charge in [-0.3, -0.25) is 5.32 Å². The van der Waals surface area contributed by atoms with E-state index in [0.717, 1.165) is 16.0 Å². The van der Waals surface area contributed by atoms with E-state index in [2.05, 4.69) is 10.3 Å². The summed E-state index contributed by atoms with van der Waals surface area (Å²) in [4.78, 5) is 18.4. The minimum absolute atomic E-state index is 0.207. The maximum atomic E-state index is 12.4. The van der Waals surface area contributed by atoms with Gasteiger partial charge in [0.25, 0.3) is 0 Å². The molecule has 0 saturated carbocycles. The summed E-state index contributed by atoms with van der Waals surface area (Å²) in [6.45, 7) is 0.834. The number of anilines is 1. The van der Waals surface area contributed by atoms with Gasteiger partial charge in [-0.15, -0.1) is 0 Å². The van der Waals surface area contributed by atoms with Crippen LogP contribution in [0.1, 0.15) is 0 Å². The van der Waals surface area contributed by atoms with Crippen molar-refractivity contribution in [2.75, 3.05) is 25.5 Å². The molecule has 1 N–H and O–H groups in total. The Bertz CT molecular complexity index is 878. The summed E-state index contributed by atoms with van der Waals surface area (Å²) in [5.74, 6) is 1.44. The van der Waals surface area contributed by atoms with E-state index in [1.54, 1.807) is 11.9 Å². The Labute approximate surface area is 149 Å². The fraction of sp³-hybridized carbons (Fsp3) is 0.222. The molecule has 1 aliphatic rings. The van der Waals surface area contributed by atoms with Gasteiger partial charge >= 0.3 is 6.03 Å². The highest BCUT2D eigenvalue weighted by molar-refractivity contribution is 7.22. The van der Waals surface area contributed by atoms with Crippen molar-refractivity contribution in [3.05, 3.63) is 48.5 Å². The second kappa shape index (κ2) is 6.60. The molecule has 1 atom stereocenters. The first-order valence-corrected chi connectivity index (χ1v) is 8.77. The molecule has 128 valence electrons. The number of nitrogens with one attached hydrogen (secondary N) is 1. The van der Waals surface area contributed by atoms with E-state index >= 15 is 0 Å². The van der Waals surface area contributed by atoms with Crippen LogP contribution in [0.5, 0.6) is 11.5 Å². The molecule has 0 spiro atoms. The van der Waals surface area contributed by atoms with Crippen molar-refractivity contribution >= 4 is 32.7 Å². The molecule has 2 aromatic carbocycles. The van der Waals surface area contributed by atoms with Crippen LogP contribution < -0.4 is 14.8 Å². The maximum absolute atomic E-state index is 12.4. The summed E-state index contributed by atoms with van der Waals surface area (Å²) in [5, 5.41) is 3.43. The molecule has 1 aliphatic heterocycles. The summed E-state index contributed by atoms with van der Waals surface area (Å²) < 4.78 is 12.6. The Kier molecular flexibility index (Phi) is 4.15. The summed E-state index contributed by atoms with van der Waals surface area (Å²) in [7, 11) is 1.73. The van der Waals surface area contributed by atoms with Gasteiger partial charge in [0.15, 0.2) is 22.7 Å². The lowest BCUT2D eigenvalue weighted by Crippen LogP contribution is -2.43. The zero-order valence-electron chi connectivity index (χ0n) is 13.6. The second-order valence-electron chi connectivity index (χ2n) is 5.80. The Morgan fingerprint density at radius 1 is 1.24 bits per heavy atom. The Morgan fingerprint density at radius 2 is 2.00 bits per heavy atom. The van der Waals surface area contributed by atoms with Crippen molar-refractivity contribution in [3.8, 4) is 11.5 Å². The lowest BCUT2D eigenvalue weighted by Gasteiger charge is -2.29. The number of carbonyl (C=O) groups is 1. The van der Waals surface area contributed by atoms with Gasteiger partial charge in [0.2, 0.25) is 0 Å². The van der Waals surface area contributed by atoms with Gasteiger partial charge < -0.3 is 14.4 Å². The van der Waals surface area contributed by atoms with Gasteiger partial charge in [0.1, 0.15) is 6.61 Å². The zero-order valence-corrected chi connectivity index (χ0v) is 14.5. The summed E-state index contributed by atoms with van der Waals surface area (Å²) in [6.07, 6.45) is -0.207. The molecule has 6 nitrogen and oxygen atoms in total. The highest BCUT2D eigenvalue weighted by atomic mass is 32.1. The Morgan fingerprint density at radius 3 is 2.84 bits per heavy atom. The van der Waals surface area contributed by atoms with Crippen molar-refractivity contribution in [1.82, 2.24) is 9.88 Å². The first-order valence-electron chi connectivity index (χ1n) is 7.95. The number of hydrogen-bond donors (Lipinski definition) is 1. The highest BCUT2D eigenvalue weighted by Crippen LogP contribution is 2.31. The summed E-state index contributed by atoms with van der Waals surface area (Å²) in [5.41, 5.74) is 0.881. The number of likely N-dealkylation sites (N-methyl/N-ethyl adjacent to an activating group) is 1. The first-order chi connectivity index (χ1) is 12.2. The van der Waals surface area contributed by atoms with Crippen LogP contribution in [0.4, 0.5) is 9.93 Å². The van der Waals surface area contributed by atoms with Crippen LogP contribution in [0, 0.1) is 0 Å². The van der Waals surface area contributed by atoms with Crippen LogP contribution in [0.2, 0.25) is 0 Å². The van der Waals surface area contributed by atoms with Crippen molar-refractivity contribution < 1.29 is 14.3 Å². The van der Waals surface area contributed by atoms with Gasteiger partial charge in [0.05, 0.1) is 16.8 Å². The average Bonchev–Trinajstić information content (AvgIpc) is 3.03. The molecule has 0 radical (unpaired) electrons. The van der Waals surface area contributed by atoms with Crippen LogP contribution in [-0.4, -0.2) is 42.2 Å².